The number of nitrogens with one attached hydrogen (secondary N) is 1. The molecule has 2 amide bonds. The third-order valence-corrected chi connectivity index (χ3v) is 9.07. The minimum absolute atomic E-state index is 0.0410. The van der Waals surface area contributed by atoms with E-state index in [0.29, 0.717) is 31.1 Å². The number of benzene rings is 3. The van der Waals surface area contributed by atoms with E-state index in [1.54, 1.807) is 36.4 Å². The molecular formula is C32H39N3O6S. The molecule has 9 nitrogen and oxygen atoms in total. The zero-order valence-corrected chi connectivity index (χ0v) is 25.4. The number of ether oxygens (including phenoxy) is 2. The summed E-state index contributed by atoms with van der Waals surface area (Å²) in [4.78, 5) is 29.1. The third-order valence-electron chi connectivity index (χ3n) is 7.28. The fraction of sp³-hybridized carbons (Fsp3) is 0.375. The molecule has 0 radical (unpaired) electrons. The Balaban J connectivity index is 1.75. The SMILES string of the molecule is CC[C@H](C(=O)N[C@@H](C)CC)N(Cc1ccc(C)cc1)C(=O)CN(c1ccc2c(c1)OCCO2)S(=O)(=O)c1ccccc1. The molecule has 10 heteroatoms. The average molecular weight is 594 g/mol. The summed E-state index contributed by atoms with van der Waals surface area (Å²) in [5, 5.41) is 2.99. The van der Waals surface area contributed by atoms with Crippen molar-refractivity contribution >= 4 is 27.5 Å². The lowest BCUT2D eigenvalue weighted by Crippen LogP contribution is -2.53. The number of fused-ring (bicyclic) bond motifs is 1. The first-order valence-electron chi connectivity index (χ1n) is 14.3. The molecule has 2 atom stereocenters. The molecule has 1 heterocycles. The van der Waals surface area contributed by atoms with Gasteiger partial charge in [0.25, 0.3) is 10.0 Å². The number of amides is 2. The van der Waals surface area contributed by atoms with Gasteiger partial charge in [-0.15, -0.1) is 0 Å². The quantitative estimate of drug-likeness (QED) is 0.327. The van der Waals surface area contributed by atoms with Gasteiger partial charge in [0.2, 0.25) is 11.8 Å². The van der Waals surface area contributed by atoms with Crippen LogP contribution in [0.3, 0.4) is 0 Å². The van der Waals surface area contributed by atoms with Crippen LogP contribution in [0, 0.1) is 6.92 Å². The molecule has 0 aromatic heterocycles. The molecule has 3 aromatic rings. The lowest BCUT2D eigenvalue weighted by atomic mass is 10.1. The van der Waals surface area contributed by atoms with Crippen LogP contribution in [0.4, 0.5) is 5.69 Å². The third kappa shape index (κ3) is 7.23. The van der Waals surface area contributed by atoms with Crippen LogP contribution in [0.25, 0.3) is 0 Å². The topological polar surface area (TPSA) is 105 Å². The largest absolute Gasteiger partial charge is 0.486 e. The van der Waals surface area contributed by atoms with Gasteiger partial charge in [-0.1, -0.05) is 61.9 Å². The molecule has 1 aliphatic rings. The monoisotopic (exact) mass is 593 g/mol. The number of carbonyl (C=O) groups is 2. The van der Waals surface area contributed by atoms with Crippen molar-refractivity contribution < 1.29 is 27.5 Å². The second-order valence-electron chi connectivity index (χ2n) is 10.4. The second-order valence-corrected chi connectivity index (χ2v) is 12.3. The number of nitrogens with zero attached hydrogens (tertiary/aromatic N) is 2. The molecule has 4 rings (SSSR count). The molecule has 0 spiro atoms. The smallest absolute Gasteiger partial charge is 0.264 e. The van der Waals surface area contributed by atoms with Crippen molar-refractivity contribution in [3.8, 4) is 11.5 Å². The summed E-state index contributed by atoms with van der Waals surface area (Å²) >= 11 is 0. The van der Waals surface area contributed by atoms with E-state index >= 15 is 0 Å². The standard InChI is InChI=1S/C32H39N3O6S/c1-5-24(4)33-32(37)28(6-2)34(21-25-14-12-23(3)13-15-25)31(36)22-35(42(38,39)27-10-8-7-9-11-27)26-16-17-29-30(20-26)41-19-18-40-29/h7-17,20,24,28H,5-6,18-19,21-22H2,1-4H3,(H,33,37)/t24-,28+/m0/s1. The van der Waals surface area contributed by atoms with E-state index in [9.17, 15) is 18.0 Å². The summed E-state index contributed by atoms with van der Waals surface area (Å²) in [5.41, 5.74) is 2.15. The van der Waals surface area contributed by atoms with Crippen LogP contribution in [-0.2, 0) is 26.2 Å². The maximum absolute atomic E-state index is 14.2. The molecule has 3 aromatic carbocycles. The van der Waals surface area contributed by atoms with E-state index in [4.69, 9.17) is 9.47 Å². The van der Waals surface area contributed by atoms with Gasteiger partial charge < -0.3 is 19.7 Å². The van der Waals surface area contributed by atoms with Gasteiger partial charge >= 0.3 is 0 Å². The van der Waals surface area contributed by atoms with Crippen LogP contribution < -0.4 is 19.1 Å². The van der Waals surface area contributed by atoms with Crippen LogP contribution in [0.15, 0.2) is 77.7 Å². The van der Waals surface area contributed by atoms with E-state index in [2.05, 4.69) is 5.32 Å². The Hall–Kier alpha value is -4.05. The number of hydrogen-bond acceptors (Lipinski definition) is 6. The molecule has 1 N–H and O–H groups in total. The molecule has 224 valence electrons. The van der Waals surface area contributed by atoms with Crippen molar-refractivity contribution in [3.05, 3.63) is 83.9 Å². The van der Waals surface area contributed by atoms with Crippen LogP contribution >= 0.6 is 0 Å². The predicted molar refractivity (Wildman–Crippen MR) is 162 cm³/mol. The van der Waals surface area contributed by atoms with E-state index < -0.39 is 28.5 Å². The second kappa shape index (κ2) is 13.7. The molecule has 0 saturated carbocycles. The van der Waals surface area contributed by atoms with Gasteiger partial charge in [-0.3, -0.25) is 13.9 Å². The first-order valence-corrected chi connectivity index (χ1v) is 15.7. The van der Waals surface area contributed by atoms with E-state index in [-0.39, 0.29) is 29.1 Å². The highest BCUT2D eigenvalue weighted by molar-refractivity contribution is 7.92. The molecule has 0 aliphatic carbocycles. The maximum Gasteiger partial charge on any atom is 0.264 e. The Morgan fingerprint density at radius 3 is 2.21 bits per heavy atom. The number of rotatable bonds is 12. The zero-order valence-electron chi connectivity index (χ0n) is 24.6. The molecular weight excluding hydrogens is 554 g/mol. The first-order chi connectivity index (χ1) is 20.1. The van der Waals surface area contributed by atoms with Gasteiger partial charge in [0, 0.05) is 18.7 Å². The van der Waals surface area contributed by atoms with Crippen LogP contribution in [-0.4, -0.2) is 57.0 Å². The van der Waals surface area contributed by atoms with Crippen molar-refractivity contribution in [2.75, 3.05) is 24.1 Å². The van der Waals surface area contributed by atoms with Gasteiger partial charge in [-0.05, 0) is 56.5 Å². The predicted octanol–water partition coefficient (Wildman–Crippen LogP) is 4.68. The maximum atomic E-state index is 14.2. The lowest BCUT2D eigenvalue weighted by molar-refractivity contribution is -0.140. The molecule has 0 saturated heterocycles. The minimum atomic E-state index is -4.17. The highest BCUT2D eigenvalue weighted by Crippen LogP contribution is 2.36. The van der Waals surface area contributed by atoms with Gasteiger partial charge in [0.05, 0.1) is 10.6 Å². The number of aryl methyl sites for hydroxylation is 1. The van der Waals surface area contributed by atoms with Crippen molar-refractivity contribution in [3.63, 3.8) is 0 Å². The summed E-state index contributed by atoms with van der Waals surface area (Å²) in [6, 6.07) is 19.6. The van der Waals surface area contributed by atoms with Crippen molar-refractivity contribution in [1.82, 2.24) is 10.2 Å². The first kappa shape index (κ1) is 30.9. The summed E-state index contributed by atoms with van der Waals surface area (Å²) in [6.07, 6.45) is 1.09. The van der Waals surface area contributed by atoms with Crippen molar-refractivity contribution in [1.29, 1.82) is 0 Å². The van der Waals surface area contributed by atoms with Gasteiger partial charge in [0.1, 0.15) is 25.8 Å². The van der Waals surface area contributed by atoms with Gasteiger partial charge in [-0.25, -0.2) is 8.42 Å². The Labute approximate surface area is 248 Å². The van der Waals surface area contributed by atoms with Gasteiger partial charge in [-0.2, -0.15) is 0 Å². The zero-order chi connectivity index (χ0) is 30.3. The Morgan fingerprint density at radius 2 is 1.57 bits per heavy atom. The Morgan fingerprint density at radius 1 is 0.905 bits per heavy atom. The summed E-state index contributed by atoms with van der Waals surface area (Å²) in [6.45, 7) is 8.04. The van der Waals surface area contributed by atoms with Crippen molar-refractivity contribution in [2.24, 2.45) is 0 Å². The molecule has 1 aliphatic heterocycles. The molecule has 0 bridgehead atoms. The lowest BCUT2D eigenvalue weighted by Gasteiger charge is -2.34. The summed E-state index contributed by atoms with van der Waals surface area (Å²) < 4.78 is 40.4. The Kier molecular flexibility index (Phi) is 10.1. The van der Waals surface area contributed by atoms with E-state index in [0.717, 1.165) is 21.9 Å². The van der Waals surface area contributed by atoms with Crippen molar-refractivity contribution in [2.45, 2.75) is 64.1 Å². The number of sulfonamides is 1. The molecule has 0 fully saturated rings. The van der Waals surface area contributed by atoms with Crippen LogP contribution in [0.2, 0.25) is 0 Å². The fourth-order valence-electron chi connectivity index (χ4n) is 4.69. The fourth-order valence-corrected chi connectivity index (χ4v) is 6.11. The normalized spacial score (nSPS) is 14.0. The summed E-state index contributed by atoms with van der Waals surface area (Å²) in [5.74, 6) is 0.123. The number of carbonyl (C=O) groups excluding carboxylic acids is 2. The Bertz CT molecular complexity index is 1480. The highest BCUT2D eigenvalue weighted by atomic mass is 32.2. The average Bonchev–Trinajstić information content (AvgIpc) is 3.00. The highest BCUT2D eigenvalue weighted by Gasteiger charge is 2.34. The number of hydrogen-bond donors (Lipinski definition) is 1. The van der Waals surface area contributed by atoms with E-state index in [1.165, 1.54) is 17.0 Å². The summed E-state index contributed by atoms with van der Waals surface area (Å²) in [7, 11) is -4.17. The number of anilines is 1. The molecule has 0 unspecified atom stereocenters. The minimum Gasteiger partial charge on any atom is -0.486 e. The van der Waals surface area contributed by atoms with E-state index in [1.807, 2.05) is 52.0 Å². The van der Waals surface area contributed by atoms with Crippen LogP contribution in [0.1, 0.15) is 44.7 Å². The van der Waals surface area contributed by atoms with Crippen LogP contribution in [0.5, 0.6) is 11.5 Å². The van der Waals surface area contributed by atoms with Gasteiger partial charge in [0.15, 0.2) is 11.5 Å². The molecule has 42 heavy (non-hydrogen) atoms.